The van der Waals surface area contributed by atoms with Crippen LogP contribution < -0.4 is 5.32 Å². The lowest BCUT2D eigenvalue weighted by molar-refractivity contribution is 0.114. The third kappa shape index (κ3) is 3.26. The molecule has 1 aliphatic heterocycles. The van der Waals surface area contributed by atoms with Gasteiger partial charge in [0.15, 0.2) is 5.82 Å². The van der Waals surface area contributed by atoms with Crippen molar-refractivity contribution < 1.29 is 9.26 Å². The van der Waals surface area contributed by atoms with Gasteiger partial charge in [-0.25, -0.2) is 0 Å². The molecule has 1 N–H and O–H groups in total. The average molecular weight is 239 g/mol. The minimum absolute atomic E-state index is 0.205. The normalized spacial score (nSPS) is 25.1. The quantitative estimate of drug-likeness (QED) is 0.797. The third-order valence-electron chi connectivity index (χ3n) is 3.10. The van der Waals surface area contributed by atoms with Crippen LogP contribution in [0.25, 0.3) is 0 Å². The van der Waals surface area contributed by atoms with E-state index in [1.807, 2.05) is 0 Å². The van der Waals surface area contributed by atoms with Crippen molar-refractivity contribution in [2.75, 3.05) is 13.2 Å². The van der Waals surface area contributed by atoms with Crippen molar-refractivity contribution in [1.29, 1.82) is 0 Å². The monoisotopic (exact) mass is 239 g/mol. The van der Waals surface area contributed by atoms with Gasteiger partial charge in [0.05, 0.1) is 6.04 Å². The molecule has 1 aromatic heterocycles. The van der Waals surface area contributed by atoms with Crippen molar-refractivity contribution >= 4 is 0 Å². The standard InChI is InChI=1S/C12H21N3O2/c1-3-7-16-8-10-14-12(17-15-10)11-9(2)5-4-6-13-11/h9,11,13H,3-8H2,1-2H3. The maximum Gasteiger partial charge on any atom is 0.244 e. The average Bonchev–Trinajstić information content (AvgIpc) is 2.79. The zero-order valence-corrected chi connectivity index (χ0v) is 10.6. The Morgan fingerprint density at radius 1 is 1.53 bits per heavy atom. The Morgan fingerprint density at radius 3 is 3.18 bits per heavy atom. The minimum atomic E-state index is 0.205. The predicted octanol–water partition coefficient (Wildman–Crippen LogP) is 2.06. The highest BCUT2D eigenvalue weighted by Gasteiger charge is 2.27. The van der Waals surface area contributed by atoms with Crippen molar-refractivity contribution in [2.45, 2.75) is 45.8 Å². The Hall–Kier alpha value is -0.940. The zero-order valence-electron chi connectivity index (χ0n) is 10.6. The molecule has 1 fully saturated rings. The van der Waals surface area contributed by atoms with Crippen LogP contribution in [-0.2, 0) is 11.3 Å². The fraction of sp³-hybridized carbons (Fsp3) is 0.833. The number of hydrogen-bond donors (Lipinski definition) is 1. The van der Waals surface area contributed by atoms with Crippen LogP contribution in [0.15, 0.2) is 4.52 Å². The van der Waals surface area contributed by atoms with Gasteiger partial charge in [-0.2, -0.15) is 4.98 Å². The smallest absolute Gasteiger partial charge is 0.244 e. The van der Waals surface area contributed by atoms with Crippen LogP contribution in [0, 0.1) is 5.92 Å². The Balaban J connectivity index is 1.92. The Labute approximate surface area is 102 Å². The molecule has 5 nitrogen and oxygen atoms in total. The highest BCUT2D eigenvalue weighted by atomic mass is 16.5. The predicted molar refractivity (Wildman–Crippen MR) is 63.4 cm³/mol. The highest BCUT2D eigenvalue weighted by Crippen LogP contribution is 2.27. The molecule has 0 radical (unpaired) electrons. The van der Waals surface area contributed by atoms with E-state index in [-0.39, 0.29) is 6.04 Å². The van der Waals surface area contributed by atoms with E-state index in [2.05, 4.69) is 29.3 Å². The fourth-order valence-corrected chi connectivity index (χ4v) is 2.14. The van der Waals surface area contributed by atoms with E-state index in [1.54, 1.807) is 0 Å². The summed E-state index contributed by atoms with van der Waals surface area (Å²) in [6.45, 7) is 6.50. The van der Waals surface area contributed by atoms with Gasteiger partial charge in [0, 0.05) is 6.61 Å². The van der Waals surface area contributed by atoms with Crippen molar-refractivity contribution in [3.05, 3.63) is 11.7 Å². The summed E-state index contributed by atoms with van der Waals surface area (Å²) in [5.74, 6) is 1.90. The van der Waals surface area contributed by atoms with E-state index in [4.69, 9.17) is 9.26 Å². The summed E-state index contributed by atoms with van der Waals surface area (Å²) in [5.41, 5.74) is 0. The minimum Gasteiger partial charge on any atom is -0.373 e. The number of piperidine rings is 1. The van der Waals surface area contributed by atoms with Crippen LogP contribution >= 0.6 is 0 Å². The number of nitrogens with one attached hydrogen (secondary N) is 1. The van der Waals surface area contributed by atoms with Crippen molar-refractivity contribution in [3.8, 4) is 0 Å². The SMILES string of the molecule is CCCOCc1noc(C2NCCCC2C)n1. The molecule has 0 saturated carbocycles. The second kappa shape index (κ2) is 6.12. The number of nitrogens with zero attached hydrogens (tertiary/aromatic N) is 2. The van der Waals surface area contributed by atoms with E-state index in [0.717, 1.165) is 19.6 Å². The van der Waals surface area contributed by atoms with Gasteiger partial charge in [0.1, 0.15) is 6.61 Å². The molecule has 0 amide bonds. The van der Waals surface area contributed by atoms with Crippen LogP contribution in [0.2, 0.25) is 0 Å². The number of aromatic nitrogens is 2. The molecule has 2 atom stereocenters. The molecule has 2 heterocycles. The van der Waals surface area contributed by atoms with Crippen molar-refractivity contribution in [2.24, 2.45) is 5.92 Å². The van der Waals surface area contributed by atoms with Gasteiger partial charge >= 0.3 is 0 Å². The zero-order chi connectivity index (χ0) is 12.1. The Bertz CT molecular complexity index is 340. The van der Waals surface area contributed by atoms with E-state index >= 15 is 0 Å². The Kier molecular flexibility index (Phi) is 4.50. The summed E-state index contributed by atoms with van der Waals surface area (Å²) in [6.07, 6.45) is 3.44. The van der Waals surface area contributed by atoms with E-state index < -0.39 is 0 Å². The molecule has 0 spiro atoms. The molecule has 0 bridgehead atoms. The van der Waals surface area contributed by atoms with Gasteiger partial charge in [-0.05, 0) is 31.7 Å². The molecule has 2 unspecified atom stereocenters. The van der Waals surface area contributed by atoms with Crippen LogP contribution in [0.3, 0.4) is 0 Å². The number of rotatable bonds is 5. The highest BCUT2D eigenvalue weighted by molar-refractivity contribution is 4.96. The molecule has 17 heavy (non-hydrogen) atoms. The van der Waals surface area contributed by atoms with Crippen molar-refractivity contribution in [3.63, 3.8) is 0 Å². The fourth-order valence-electron chi connectivity index (χ4n) is 2.14. The third-order valence-corrected chi connectivity index (χ3v) is 3.10. The second-order valence-electron chi connectivity index (χ2n) is 4.65. The molecule has 1 aliphatic rings. The molecular formula is C12H21N3O2. The van der Waals surface area contributed by atoms with Gasteiger partial charge in [-0.1, -0.05) is 19.0 Å². The van der Waals surface area contributed by atoms with Crippen LogP contribution in [0.5, 0.6) is 0 Å². The largest absolute Gasteiger partial charge is 0.373 e. The lowest BCUT2D eigenvalue weighted by Crippen LogP contribution is -2.33. The van der Waals surface area contributed by atoms with Gasteiger partial charge in [-0.3, -0.25) is 0 Å². The molecule has 0 aliphatic carbocycles. The van der Waals surface area contributed by atoms with Gasteiger partial charge in [-0.15, -0.1) is 0 Å². The summed E-state index contributed by atoms with van der Waals surface area (Å²) in [5, 5.41) is 7.38. The van der Waals surface area contributed by atoms with Crippen LogP contribution in [0.4, 0.5) is 0 Å². The number of hydrogen-bond acceptors (Lipinski definition) is 5. The van der Waals surface area contributed by atoms with Gasteiger partial charge in [0.2, 0.25) is 5.89 Å². The topological polar surface area (TPSA) is 60.2 Å². The van der Waals surface area contributed by atoms with Gasteiger partial charge in [0.25, 0.3) is 0 Å². The lowest BCUT2D eigenvalue weighted by Gasteiger charge is -2.26. The summed E-state index contributed by atoms with van der Waals surface area (Å²) in [4.78, 5) is 4.39. The molecule has 2 rings (SSSR count). The van der Waals surface area contributed by atoms with Crippen molar-refractivity contribution in [1.82, 2.24) is 15.5 Å². The van der Waals surface area contributed by atoms with Gasteiger partial charge < -0.3 is 14.6 Å². The molecule has 5 heteroatoms. The number of ether oxygens (including phenoxy) is 1. The summed E-state index contributed by atoms with van der Waals surface area (Å²) < 4.78 is 10.7. The first-order chi connectivity index (χ1) is 8.31. The van der Waals surface area contributed by atoms with E-state index in [9.17, 15) is 0 Å². The Morgan fingerprint density at radius 2 is 2.41 bits per heavy atom. The summed E-state index contributed by atoms with van der Waals surface area (Å²) >= 11 is 0. The molecular weight excluding hydrogens is 218 g/mol. The molecule has 1 saturated heterocycles. The van der Waals surface area contributed by atoms with Crippen LogP contribution in [0.1, 0.15) is 50.9 Å². The summed E-state index contributed by atoms with van der Waals surface area (Å²) in [7, 11) is 0. The molecule has 1 aromatic rings. The second-order valence-corrected chi connectivity index (χ2v) is 4.65. The first-order valence-electron chi connectivity index (χ1n) is 6.45. The molecule has 0 aromatic carbocycles. The van der Waals surface area contributed by atoms with Crippen LogP contribution in [-0.4, -0.2) is 23.3 Å². The maximum atomic E-state index is 5.39. The van der Waals surface area contributed by atoms with E-state index in [1.165, 1.54) is 12.8 Å². The molecule has 96 valence electrons. The lowest BCUT2D eigenvalue weighted by atomic mass is 9.93. The first-order valence-corrected chi connectivity index (χ1v) is 6.45. The maximum absolute atomic E-state index is 5.39. The first kappa shape index (κ1) is 12.5. The van der Waals surface area contributed by atoms with E-state index in [0.29, 0.717) is 24.2 Å². The summed E-state index contributed by atoms with van der Waals surface area (Å²) in [6, 6.07) is 0.205.